The fraction of sp³-hybridized carbons (Fsp3) is 0.500. The summed E-state index contributed by atoms with van der Waals surface area (Å²) in [6.45, 7) is 0.282. The van der Waals surface area contributed by atoms with Crippen molar-refractivity contribution in [1.82, 2.24) is 4.31 Å². The summed E-state index contributed by atoms with van der Waals surface area (Å²) in [5.41, 5.74) is 2.77. The average Bonchev–Trinajstić information content (AvgIpc) is 2.47. The number of nitrogen functional groups attached to an aromatic ring is 1. The van der Waals surface area contributed by atoms with E-state index in [0.29, 0.717) is 18.7 Å². The lowest BCUT2D eigenvalue weighted by molar-refractivity contribution is 0.155. The third-order valence-corrected chi connectivity index (χ3v) is 5.42. The predicted molar refractivity (Wildman–Crippen MR) is 72.9 cm³/mol. The van der Waals surface area contributed by atoms with Crippen molar-refractivity contribution in [3.63, 3.8) is 0 Å². The van der Waals surface area contributed by atoms with Gasteiger partial charge < -0.3 is 10.5 Å². The highest BCUT2D eigenvalue weighted by Gasteiger charge is 2.34. The van der Waals surface area contributed by atoms with Gasteiger partial charge in [0, 0.05) is 12.6 Å². The number of hydrazine groups is 1. The van der Waals surface area contributed by atoms with E-state index < -0.39 is 10.0 Å². The molecule has 0 amide bonds. The Morgan fingerprint density at radius 3 is 2.79 bits per heavy atom. The number of sulfonamides is 1. The van der Waals surface area contributed by atoms with Crippen LogP contribution in [-0.4, -0.2) is 37.0 Å². The molecule has 0 bridgehead atoms. The van der Waals surface area contributed by atoms with Crippen LogP contribution in [0.3, 0.4) is 0 Å². The molecule has 1 fully saturated rings. The molecule has 4 N–H and O–H groups in total. The van der Waals surface area contributed by atoms with Crippen LogP contribution in [0, 0.1) is 0 Å². The molecule has 0 aromatic heterocycles. The smallest absolute Gasteiger partial charge is 0.245 e. The van der Waals surface area contributed by atoms with Gasteiger partial charge >= 0.3 is 0 Å². The van der Waals surface area contributed by atoms with Crippen molar-refractivity contribution >= 4 is 15.7 Å². The van der Waals surface area contributed by atoms with Gasteiger partial charge in [-0.15, -0.1) is 0 Å². The van der Waals surface area contributed by atoms with Gasteiger partial charge in [0.1, 0.15) is 4.90 Å². The van der Waals surface area contributed by atoms with Crippen LogP contribution in [0.1, 0.15) is 19.3 Å². The van der Waals surface area contributed by atoms with E-state index in [-0.39, 0.29) is 17.5 Å². The molecule has 0 spiro atoms. The van der Waals surface area contributed by atoms with E-state index in [0.717, 1.165) is 12.8 Å². The van der Waals surface area contributed by atoms with Gasteiger partial charge in [0.2, 0.25) is 10.0 Å². The minimum atomic E-state index is -3.64. The number of rotatable bonds is 4. The molecule has 0 aliphatic carbocycles. The van der Waals surface area contributed by atoms with Crippen LogP contribution in [0.4, 0.5) is 5.69 Å². The number of aliphatic hydroxyl groups is 1. The second-order valence-electron chi connectivity index (χ2n) is 4.59. The second-order valence-corrected chi connectivity index (χ2v) is 6.45. The van der Waals surface area contributed by atoms with Crippen LogP contribution in [0.2, 0.25) is 0 Å². The maximum Gasteiger partial charge on any atom is 0.245 e. The van der Waals surface area contributed by atoms with Crippen molar-refractivity contribution in [2.24, 2.45) is 5.84 Å². The maximum atomic E-state index is 12.7. The molecule has 6 nitrogen and oxygen atoms in total. The minimum Gasteiger partial charge on any atom is -0.395 e. The molecule has 7 heteroatoms. The third kappa shape index (κ3) is 2.74. The Morgan fingerprint density at radius 1 is 1.37 bits per heavy atom. The molecule has 1 aliphatic rings. The zero-order valence-corrected chi connectivity index (χ0v) is 11.4. The number of benzene rings is 1. The first-order chi connectivity index (χ1) is 9.11. The normalized spacial score (nSPS) is 21.3. The second kappa shape index (κ2) is 5.87. The Bertz CT molecular complexity index is 533. The van der Waals surface area contributed by atoms with Gasteiger partial charge in [0.15, 0.2) is 0 Å². The van der Waals surface area contributed by atoms with Gasteiger partial charge in [-0.05, 0) is 25.0 Å². The SMILES string of the molecule is NNc1ccccc1S(=O)(=O)N1CCCCC1CO. The van der Waals surface area contributed by atoms with Crippen LogP contribution < -0.4 is 11.3 Å². The fourth-order valence-electron chi connectivity index (χ4n) is 2.41. The summed E-state index contributed by atoms with van der Waals surface area (Å²) in [6, 6.07) is 6.17. The molecule has 1 aromatic carbocycles. The number of hydrogen-bond donors (Lipinski definition) is 3. The summed E-state index contributed by atoms with van der Waals surface area (Å²) >= 11 is 0. The zero-order valence-electron chi connectivity index (χ0n) is 10.6. The molecule has 1 aromatic rings. The van der Waals surface area contributed by atoms with Crippen LogP contribution in [0.5, 0.6) is 0 Å². The average molecular weight is 285 g/mol. The third-order valence-electron chi connectivity index (χ3n) is 3.41. The topological polar surface area (TPSA) is 95.7 Å². The Balaban J connectivity index is 2.40. The largest absolute Gasteiger partial charge is 0.395 e. The van der Waals surface area contributed by atoms with Crippen LogP contribution in [-0.2, 0) is 10.0 Å². The van der Waals surface area contributed by atoms with Crippen molar-refractivity contribution in [3.8, 4) is 0 Å². The van der Waals surface area contributed by atoms with Crippen molar-refractivity contribution < 1.29 is 13.5 Å². The van der Waals surface area contributed by atoms with E-state index in [9.17, 15) is 13.5 Å². The number of para-hydroxylation sites is 1. The van der Waals surface area contributed by atoms with E-state index in [4.69, 9.17) is 5.84 Å². The fourth-order valence-corrected chi connectivity index (χ4v) is 4.25. The molecular formula is C12H19N3O3S. The quantitative estimate of drug-likeness (QED) is 0.553. The van der Waals surface area contributed by atoms with E-state index in [1.54, 1.807) is 18.2 Å². The Kier molecular flexibility index (Phi) is 4.41. The lowest BCUT2D eigenvalue weighted by Gasteiger charge is -2.33. The molecule has 1 saturated heterocycles. The molecule has 1 unspecified atom stereocenters. The summed E-state index contributed by atoms with van der Waals surface area (Å²) in [5, 5.41) is 9.35. The van der Waals surface area contributed by atoms with E-state index >= 15 is 0 Å². The summed E-state index contributed by atoms with van der Waals surface area (Å²) in [7, 11) is -3.64. The molecule has 106 valence electrons. The number of nitrogens with two attached hydrogens (primary N) is 1. The predicted octanol–water partition coefficient (Wildman–Crippen LogP) is 0.508. The van der Waals surface area contributed by atoms with Gasteiger partial charge in [0.25, 0.3) is 0 Å². The highest BCUT2D eigenvalue weighted by molar-refractivity contribution is 7.89. The number of nitrogens with zero attached hydrogens (tertiary/aromatic N) is 1. The lowest BCUT2D eigenvalue weighted by atomic mass is 10.1. The van der Waals surface area contributed by atoms with Gasteiger partial charge in [-0.25, -0.2) is 8.42 Å². The standard InChI is InChI=1S/C12H19N3O3S/c13-14-11-6-1-2-7-12(11)19(17,18)15-8-4-3-5-10(15)9-16/h1-2,6-7,10,14,16H,3-5,8-9,13H2. The van der Waals surface area contributed by atoms with Gasteiger partial charge in [0.05, 0.1) is 12.3 Å². The first kappa shape index (κ1) is 14.3. The summed E-state index contributed by atoms with van der Waals surface area (Å²) in [5.74, 6) is 5.36. The van der Waals surface area contributed by atoms with Crippen LogP contribution >= 0.6 is 0 Å². The van der Waals surface area contributed by atoms with E-state index in [1.807, 2.05) is 0 Å². The van der Waals surface area contributed by atoms with Crippen molar-refractivity contribution in [3.05, 3.63) is 24.3 Å². The number of piperidine rings is 1. The summed E-state index contributed by atoms with van der Waals surface area (Å²) < 4.78 is 26.7. The Hall–Kier alpha value is -1.15. The number of anilines is 1. The van der Waals surface area contributed by atoms with Gasteiger partial charge in [-0.1, -0.05) is 18.6 Å². The molecule has 1 heterocycles. The lowest BCUT2D eigenvalue weighted by Crippen LogP contribution is -2.45. The highest BCUT2D eigenvalue weighted by Crippen LogP contribution is 2.28. The van der Waals surface area contributed by atoms with E-state index in [1.165, 1.54) is 10.4 Å². The first-order valence-electron chi connectivity index (χ1n) is 6.29. The number of aliphatic hydroxyl groups excluding tert-OH is 1. The maximum absolute atomic E-state index is 12.7. The number of nitrogens with one attached hydrogen (secondary N) is 1. The monoisotopic (exact) mass is 285 g/mol. The van der Waals surface area contributed by atoms with Crippen molar-refractivity contribution in [1.29, 1.82) is 0 Å². The van der Waals surface area contributed by atoms with Crippen LogP contribution in [0.25, 0.3) is 0 Å². The van der Waals surface area contributed by atoms with Gasteiger partial charge in [-0.3, -0.25) is 5.84 Å². The van der Waals surface area contributed by atoms with E-state index in [2.05, 4.69) is 5.43 Å². The molecule has 2 rings (SSSR count). The molecule has 0 radical (unpaired) electrons. The Morgan fingerprint density at radius 2 is 2.11 bits per heavy atom. The molecule has 19 heavy (non-hydrogen) atoms. The first-order valence-corrected chi connectivity index (χ1v) is 7.73. The molecule has 1 atom stereocenters. The van der Waals surface area contributed by atoms with Crippen molar-refractivity contribution in [2.45, 2.75) is 30.2 Å². The summed E-state index contributed by atoms with van der Waals surface area (Å²) in [6.07, 6.45) is 2.44. The Labute approximate surface area is 113 Å². The van der Waals surface area contributed by atoms with Crippen LogP contribution in [0.15, 0.2) is 29.2 Å². The zero-order chi connectivity index (χ0) is 13.9. The molecular weight excluding hydrogens is 266 g/mol. The summed E-state index contributed by atoms with van der Waals surface area (Å²) in [4.78, 5) is 0.151. The minimum absolute atomic E-state index is 0.151. The van der Waals surface area contributed by atoms with Gasteiger partial charge in [-0.2, -0.15) is 4.31 Å². The molecule has 1 aliphatic heterocycles. The molecule has 0 saturated carbocycles. The highest BCUT2D eigenvalue weighted by atomic mass is 32.2. The number of hydrogen-bond acceptors (Lipinski definition) is 5. The van der Waals surface area contributed by atoms with Crippen molar-refractivity contribution in [2.75, 3.05) is 18.6 Å².